The van der Waals surface area contributed by atoms with Crippen LogP contribution in [0.1, 0.15) is 16.1 Å². The van der Waals surface area contributed by atoms with Crippen molar-refractivity contribution in [3.05, 3.63) is 45.4 Å². The van der Waals surface area contributed by atoms with Gasteiger partial charge in [0, 0.05) is 22.5 Å². The molecule has 1 amide bonds. The summed E-state index contributed by atoms with van der Waals surface area (Å²) < 4.78 is 5.20. The average molecular weight is 283 g/mol. The molecule has 4 nitrogen and oxygen atoms in total. The predicted octanol–water partition coefficient (Wildman–Crippen LogP) is 2.74. The molecule has 0 bridgehead atoms. The molecule has 0 saturated carbocycles. The summed E-state index contributed by atoms with van der Waals surface area (Å²) in [4.78, 5) is 15.7. The Hall–Kier alpha value is -1.59. The zero-order chi connectivity index (χ0) is 13.0. The standard InChI is InChI=1S/C12H11ClN2O2S/c1-17-11-4-2-3-9(13)8(11)5-14-12(16)10-6-18-7-15-10/h2-4,6-7H,5H2,1H3,(H,14,16). The second-order valence-electron chi connectivity index (χ2n) is 3.48. The number of thiazole rings is 1. The van der Waals surface area contributed by atoms with E-state index in [1.807, 2.05) is 0 Å². The van der Waals surface area contributed by atoms with Crippen LogP contribution in [0, 0.1) is 0 Å². The predicted molar refractivity (Wildman–Crippen MR) is 71.3 cm³/mol. The molecular formula is C12H11ClN2O2S. The number of hydrogen-bond donors (Lipinski definition) is 1. The first-order valence-corrected chi connectivity index (χ1v) is 6.52. The van der Waals surface area contributed by atoms with E-state index in [-0.39, 0.29) is 5.91 Å². The van der Waals surface area contributed by atoms with E-state index in [1.54, 1.807) is 36.2 Å². The molecule has 0 aliphatic rings. The first-order chi connectivity index (χ1) is 8.72. The fourth-order valence-electron chi connectivity index (χ4n) is 1.49. The van der Waals surface area contributed by atoms with Crippen molar-refractivity contribution in [2.24, 2.45) is 0 Å². The molecule has 6 heteroatoms. The molecule has 0 saturated heterocycles. The van der Waals surface area contributed by atoms with Crippen LogP contribution in [-0.4, -0.2) is 18.0 Å². The Morgan fingerprint density at radius 2 is 2.39 bits per heavy atom. The van der Waals surface area contributed by atoms with Gasteiger partial charge in [0.2, 0.25) is 0 Å². The second-order valence-corrected chi connectivity index (χ2v) is 4.60. The summed E-state index contributed by atoms with van der Waals surface area (Å²) in [5.41, 5.74) is 2.78. The summed E-state index contributed by atoms with van der Waals surface area (Å²) in [6, 6.07) is 5.36. The van der Waals surface area contributed by atoms with Crippen LogP contribution < -0.4 is 10.1 Å². The molecule has 1 heterocycles. The van der Waals surface area contributed by atoms with Crippen molar-refractivity contribution >= 4 is 28.8 Å². The minimum Gasteiger partial charge on any atom is -0.496 e. The quantitative estimate of drug-likeness (QED) is 0.938. The summed E-state index contributed by atoms with van der Waals surface area (Å²) in [7, 11) is 1.57. The molecule has 2 aromatic rings. The molecule has 0 radical (unpaired) electrons. The van der Waals surface area contributed by atoms with Crippen molar-refractivity contribution in [2.45, 2.75) is 6.54 Å². The second kappa shape index (κ2) is 5.84. The van der Waals surface area contributed by atoms with Gasteiger partial charge in [-0.25, -0.2) is 4.98 Å². The van der Waals surface area contributed by atoms with Crippen LogP contribution in [0.3, 0.4) is 0 Å². The first-order valence-electron chi connectivity index (χ1n) is 5.20. The fourth-order valence-corrected chi connectivity index (χ4v) is 2.25. The van der Waals surface area contributed by atoms with Crippen LogP contribution in [0.25, 0.3) is 0 Å². The van der Waals surface area contributed by atoms with Crippen molar-refractivity contribution in [3.8, 4) is 5.75 Å². The van der Waals surface area contributed by atoms with Gasteiger partial charge < -0.3 is 10.1 Å². The van der Waals surface area contributed by atoms with E-state index in [4.69, 9.17) is 16.3 Å². The SMILES string of the molecule is COc1cccc(Cl)c1CNC(=O)c1cscn1. The molecule has 1 N–H and O–H groups in total. The lowest BCUT2D eigenvalue weighted by molar-refractivity contribution is 0.0946. The highest BCUT2D eigenvalue weighted by atomic mass is 35.5. The van der Waals surface area contributed by atoms with Crippen LogP contribution in [0.15, 0.2) is 29.1 Å². The minimum absolute atomic E-state index is 0.224. The summed E-state index contributed by atoms with van der Waals surface area (Å²) in [5, 5.41) is 5.01. The van der Waals surface area contributed by atoms with Crippen molar-refractivity contribution in [1.82, 2.24) is 10.3 Å². The monoisotopic (exact) mass is 282 g/mol. The van der Waals surface area contributed by atoms with Gasteiger partial charge in [-0.15, -0.1) is 11.3 Å². The number of carbonyl (C=O) groups is 1. The van der Waals surface area contributed by atoms with Gasteiger partial charge in [-0.3, -0.25) is 4.79 Å². The lowest BCUT2D eigenvalue weighted by Gasteiger charge is -2.10. The van der Waals surface area contributed by atoms with Crippen molar-refractivity contribution in [2.75, 3.05) is 7.11 Å². The van der Waals surface area contributed by atoms with Gasteiger partial charge in [0.25, 0.3) is 5.91 Å². The molecule has 1 aromatic carbocycles. The molecule has 18 heavy (non-hydrogen) atoms. The number of amides is 1. The number of halogens is 1. The van der Waals surface area contributed by atoms with E-state index >= 15 is 0 Å². The number of aromatic nitrogens is 1. The zero-order valence-electron chi connectivity index (χ0n) is 9.64. The number of methoxy groups -OCH3 is 1. The topological polar surface area (TPSA) is 51.2 Å². The van der Waals surface area contributed by atoms with Crippen LogP contribution in [0.5, 0.6) is 5.75 Å². The van der Waals surface area contributed by atoms with E-state index in [0.717, 1.165) is 5.56 Å². The number of benzene rings is 1. The van der Waals surface area contributed by atoms with E-state index in [9.17, 15) is 4.79 Å². The van der Waals surface area contributed by atoms with E-state index < -0.39 is 0 Å². The molecule has 94 valence electrons. The summed E-state index contributed by atoms with van der Waals surface area (Å²) in [6.07, 6.45) is 0. The summed E-state index contributed by atoms with van der Waals surface area (Å²) >= 11 is 7.45. The van der Waals surface area contributed by atoms with Gasteiger partial charge in [-0.05, 0) is 12.1 Å². The molecular weight excluding hydrogens is 272 g/mol. The van der Waals surface area contributed by atoms with E-state index in [1.165, 1.54) is 11.3 Å². The minimum atomic E-state index is -0.224. The maximum absolute atomic E-state index is 11.7. The Labute approximate surface area is 114 Å². The average Bonchev–Trinajstić information content (AvgIpc) is 2.90. The Bertz CT molecular complexity index is 543. The third-order valence-electron chi connectivity index (χ3n) is 2.39. The highest BCUT2D eigenvalue weighted by molar-refractivity contribution is 7.07. The van der Waals surface area contributed by atoms with Gasteiger partial charge in [0.1, 0.15) is 11.4 Å². The zero-order valence-corrected chi connectivity index (χ0v) is 11.2. The fraction of sp³-hybridized carbons (Fsp3) is 0.167. The number of rotatable bonds is 4. The van der Waals surface area contributed by atoms with Crippen LogP contribution in [0.4, 0.5) is 0 Å². The molecule has 0 unspecified atom stereocenters. The molecule has 0 atom stereocenters. The number of nitrogens with one attached hydrogen (secondary N) is 1. The first kappa shape index (κ1) is 12.9. The molecule has 0 aliphatic heterocycles. The molecule has 0 spiro atoms. The Balaban J connectivity index is 2.09. The van der Waals surface area contributed by atoms with Crippen LogP contribution >= 0.6 is 22.9 Å². The third kappa shape index (κ3) is 2.80. The van der Waals surface area contributed by atoms with Gasteiger partial charge >= 0.3 is 0 Å². The number of hydrogen-bond acceptors (Lipinski definition) is 4. The van der Waals surface area contributed by atoms with Crippen molar-refractivity contribution in [3.63, 3.8) is 0 Å². The Morgan fingerprint density at radius 1 is 1.56 bits per heavy atom. The summed E-state index contributed by atoms with van der Waals surface area (Å²) in [6.45, 7) is 0.305. The Kier molecular flexibility index (Phi) is 4.17. The maximum Gasteiger partial charge on any atom is 0.271 e. The maximum atomic E-state index is 11.7. The van der Waals surface area contributed by atoms with Crippen LogP contribution in [-0.2, 0) is 6.54 Å². The number of nitrogens with zero attached hydrogens (tertiary/aromatic N) is 1. The van der Waals surface area contributed by atoms with Crippen molar-refractivity contribution < 1.29 is 9.53 Å². The van der Waals surface area contributed by atoms with Gasteiger partial charge in [-0.2, -0.15) is 0 Å². The Morgan fingerprint density at radius 3 is 3.06 bits per heavy atom. The van der Waals surface area contributed by atoms with Gasteiger partial charge in [0.15, 0.2) is 0 Å². The molecule has 2 rings (SSSR count). The normalized spacial score (nSPS) is 10.1. The van der Waals surface area contributed by atoms with Gasteiger partial charge in [0.05, 0.1) is 12.6 Å². The highest BCUT2D eigenvalue weighted by Gasteiger charge is 2.11. The smallest absolute Gasteiger partial charge is 0.271 e. The number of ether oxygens (including phenoxy) is 1. The molecule has 1 aromatic heterocycles. The lowest BCUT2D eigenvalue weighted by Crippen LogP contribution is -2.23. The summed E-state index contributed by atoms with van der Waals surface area (Å²) in [5.74, 6) is 0.430. The van der Waals surface area contributed by atoms with Crippen LogP contribution in [0.2, 0.25) is 5.02 Å². The highest BCUT2D eigenvalue weighted by Crippen LogP contribution is 2.25. The van der Waals surface area contributed by atoms with E-state index in [2.05, 4.69) is 10.3 Å². The van der Waals surface area contributed by atoms with Gasteiger partial charge in [-0.1, -0.05) is 17.7 Å². The van der Waals surface area contributed by atoms with E-state index in [0.29, 0.717) is 23.0 Å². The third-order valence-corrected chi connectivity index (χ3v) is 3.33. The molecule has 0 aliphatic carbocycles. The molecule has 0 fully saturated rings. The lowest BCUT2D eigenvalue weighted by atomic mass is 10.2. The number of carbonyl (C=O) groups excluding carboxylic acids is 1. The van der Waals surface area contributed by atoms with Crippen molar-refractivity contribution in [1.29, 1.82) is 0 Å². The largest absolute Gasteiger partial charge is 0.496 e.